The van der Waals surface area contributed by atoms with Crippen molar-refractivity contribution in [3.05, 3.63) is 17.6 Å². The lowest BCUT2D eigenvalue weighted by Crippen LogP contribution is -2.32. The van der Waals surface area contributed by atoms with E-state index in [9.17, 15) is 18.8 Å². The highest BCUT2D eigenvalue weighted by Crippen LogP contribution is 2.57. The Morgan fingerprint density at radius 1 is 1.41 bits per heavy atom. The number of carboxylic acids is 1. The Morgan fingerprint density at radius 2 is 2.00 bits per heavy atom. The zero-order valence-corrected chi connectivity index (χ0v) is 20.2. The van der Waals surface area contributed by atoms with Crippen LogP contribution in [0, 0.1) is 6.92 Å². The maximum Gasteiger partial charge on any atom is 0.481 e. The molecule has 1 aliphatic rings. The van der Waals surface area contributed by atoms with Gasteiger partial charge in [-0.25, -0.2) is 23.9 Å². The number of nitrogens with two attached hydrogens (primary N) is 1. The fourth-order valence-electron chi connectivity index (χ4n) is 2.49. The molecule has 0 bridgehead atoms. The van der Waals surface area contributed by atoms with Crippen molar-refractivity contribution in [3.63, 3.8) is 0 Å². The molecular formula is C15H28N4O10P2S. The van der Waals surface area contributed by atoms with Crippen LogP contribution in [-0.4, -0.2) is 75.6 Å². The fraction of sp³-hybridized carbons (Fsp3) is 0.667. The van der Waals surface area contributed by atoms with Gasteiger partial charge in [-0.05, 0) is 27.2 Å². The molecule has 0 aromatic carbocycles. The van der Waals surface area contributed by atoms with Gasteiger partial charge >= 0.3 is 21.6 Å². The summed E-state index contributed by atoms with van der Waals surface area (Å²) in [6, 6.07) is 0.130. The standard InChI is InChI=1S/C12H22N4O7P2S.C3H6O3/c1-8-11(3-4-22-25(20,21)23-24(17,18)19)26-7-16(8)6-10-5-14-9(2)15-12(10)13;1-2(4)3(5)6/h5,8,11H,3-4,6-7H2,1-2H3,(H,20,21)(H2,13,14,15)(H2,17,18,19);2,4H,1H3,(H,5,6)/t8?,11-;2-/m00/s1. The molecular weight excluding hydrogens is 490 g/mol. The van der Waals surface area contributed by atoms with E-state index in [1.54, 1.807) is 24.9 Å². The van der Waals surface area contributed by atoms with Crippen molar-refractivity contribution in [1.29, 1.82) is 0 Å². The summed E-state index contributed by atoms with van der Waals surface area (Å²) >= 11 is 1.65. The van der Waals surface area contributed by atoms with E-state index in [1.807, 2.05) is 6.92 Å². The minimum atomic E-state index is -5.10. The molecule has 1 saturated heterocycles. The molecule has 2 rings (SSSR count). The molecule has 0 radical (unpaired) electrons. The van der Waals surface area contributed by atoms with Gasteiger partial charge in [0.2, 0.25) is 0 Å². The van der Waals surface area contributed by atoms with Gasteiger partial charge in [0, 0.05) is 35.5 Å². The molecule has 7 N–H and O–H groups in total. The predicted octanol–water partition coefficient (Wildman–Crippen LogP) is 0.699. The monoisotopic (exact) mass is 518 g/mol. The molecule has 0 amide bonds. The molecule has 0 saturated carbocycles. The van der Waals surface area contributed by atoms with Gasteiger partial charge in [0.05, 0.1) is 6.61 Å². The van der Waals surface area contributed by atoms with E-state index in [2.05, 4.69) is 23.7 Å². The van der Waals surface area contributed by atoms with Gasteiger partial charge in [0.1, 0.15) is 17.7 Å². The molecule has 1 aromatic rings. The van der Waals surface area contributed by atoms with Crippen LogP contribution in [0.1, 0.15) is 31.7 Å². The number of carbonyl (C=O) groups is 1. The summed E-state index contributed by atoms with van der Waals surface area (Å²) in [6.07, 6.45) is 0.884. The molecule has 0 aliphatic carbocycles. The first-order valence-corrected chi connectivity index (χ1v) is 13.3. The Kier molecular flexibility index (Phi) is 11.2. The minimum absolute atomic E-state index is 0.109. The normalized spacial score (nSPS) is 22.0. The molecule has 2 heterocycles. The van der Waals surface area contributed by atoms with Gasteiger partial charge in [0.15, 0.2) is 0 Å². The number of aliphatic carboxylic acids is 1. The zero-order chi connectivity index (χ0) is 24.7. The summed E-state index contributed by atoms with van der Waals surface area (Å²) in [6.45, 7) is 5.39. The molecule has 17 heteroatoms. The number of aromatic nitrogens is 2. The Hall–Kier alpha value is -1.12. The Bertz CT molecular complexity index is 871. The van der Waals surface area contributed by atoms with E-state index in [0.29, 0.717) is 24.6 Å². The van der Waals surface area contributed by atoms with Crippen LogP contribution >= 0.6 is 27.4 Å². The molecule has 4 atom stereocenters. The summed E-state index contributed by atoms with van der Waals surface area (Å²) in [5.74, 6) is 0.595. The smallest absolute Gasteiger partial charge is 0.479 e. The highest BCUT2D eigenvalue weighted by atomic mass is 32.2. The molecule has 0 spiro atoms. The number of thioether (sulfide) groups is 1. The van der Waals surface area contributed by atoms with Crippen LogP contribution in [0.3, 0.4) is 0 Å². The van der Waals surface area contributed by atoms with Crippen molar-refractivity contribution >= 4 is 39.2 Å². The number of anilines is 1. The van der Waals surface area contributed by atoms with E-state index in [4.69, 9.17) is 25.7 Å². The van der Waals surface area contributed by atoms with Crippen molar-refractivity contribution in [2.24, 2.45) is 0 Å². The van der Waals surface area contributed by atoms with Gasteiger partial charge in [-0.2, -0.15) is 4.31 Å². The van der Waals surface area contributed by atoms with E-state index in [-0.39, 0.29) is 17.9 Å². The average Bonchev–Trinajstić information content (AvgIpc) is 2.96. The first kappa shape index (κ1) is 28.9. The second kappa shape index (κ2) is 12.4. The average molecular weight is 518 g/mol. The van der Waals surface area contributed by atoms with Gasteiger partial charge in [0.25, 0.3) is 0 Å². The van der Waals surface area contributed by atoms with Crippen molar-refractivity contribution in [3.8, 4) is 0 Å². The lowest BCUT2D eigenvalue weighted by molar-refractivity contribution is -0.145. The second-order valence-electron chi connectivity index (χ2n) is 6.83. The van der Waals surface area contributed by atoms with E-state index in [1.165, 1.54) is 6.92 Å². The fourth-order valence-corrected chi connectivity index (χ4v) is 5.52. The number of hydrogen-bond donors (Lipinski definition) is 6. The molecule has 14 nitrogen and oxygen atoms in total. The van der Waals surface area contributed by atoms with Crippen LogP contribution in [0.15, 0.2) is 6.20 Å². The second-order valence-corrected chi connectivity index (χ2v) is 10.9. The van der Waals surface area contributed by atoms with Crippen LogP contribution in [0.2, 0.25) is 0 Å². The van der Waals surface area contributed by atoms with E-state index < -0.39 is 27.7 Å². The Balaban J connectivity index is 0.000000751. The van der Waals surface area contributed by atoms with Crippen LogP contribution < -0.4 is 5.73 Å². The maximum atomic E-state index is 11.4. The topological polar surface area (TPSA) is 226 Å². The third-order valence-corrected chi connectivity index (χ3v) is 7.91. The maximum absolute atomic E-state index is 11.4. The minimum Gasteiger partial charge on any atom is -0.479 e. The highest BCUT2D eigenvalue weighted by molar-refractivity contribution is 8.00. The number of aryl methyl sites for hydroxylation is 1. The van der Waals surface area contributed by atoms with Crippen molar-refractivity contribution in [1.82, 2.24) is 14.9 Å². The number of nitrogens with zero attached hydrogens (tertiary/aromatic N) is 3. The first-order chi connectivity index (χ1) is 14.6. The van der Waals surface area contributed by atoms with Gasteiger partial charge in [-0.3, -0.25) is 9.42 Å². The molecule has 2 unspecified atom stereocenters. The van der Waals surface area contributed by atoms with Crippen molar-refractivity contribution in [2.45, 2.75) is 51.1 Å². The number of hydrogen-bond acceptors (Lipinski definition) is 11. The molecule has 1 fully saturated rings. The predicted molar refractivity (Wildman–Crippen MR) is 115 cm³/mol. The molecule has 32 heavy (non-hydrogen) atoms. The lowest BCUT2D eigenvalue weighted by Gasteiger charge is -2.24. The summed E-state index contributed by atoms with van der Waals surface area (Å²) in [5, 5.41) is 15.9. The molecule has 1 aromatic heterocycles. The zero-order valence-electron chi connectivity index (χ0n) is 17.6. The van der Waals surface area contributed by atoms with E-state index in [0.717, 1.165) is 11.4 Å². The third kappa shape index (κ3) is 10.7. The highest BCUT2D eigenvalue weighted by Gasteiger charge is 2.35. The summed E-state index contributed by atoms with van der Waals surface area (Å²) in [5.41, 5.74) is 6.75. The van der Waals surface area contributed by atoms with Gasteiger partial charge in [-0.1, -0.05) is 0 Å². The third-order valence-electron chi connectivity index (χ3n) is 4.18. The number of phosphoric ester groups is 1. The van der Waals surface area contributed by atoms with Crippen LogP contribution in [0.5, 0.6) is 0 Å². The summed E-state index contributed by atoms with van der Waals surface area (Å²) in [7, 11) is -9.89. The van der Waals surface area contributed by atoms with Gasteiger partial charge in [-0.15, -0.1) is 11.8 Å². The first-order valence-electron chi connectivity index (χ1n) is 9.20. The van der Waals surface area contributed by atoms with Gasteiger partial charge < -0.3 is 30.6 Å². The van der Waals surface area contributed by atoms with Crippen molar-refractivity contribution in [2.75, 3.05) is 18.2 Å². The molecule has 1 aliphatic heterocycles. The number of aliphatic hydroxyl groups excluding tert-OH is 1. The quantitative estimate of drug-likeness (QED) is 0.247. The number of aliphatic hydroxyl groups is 1. The van der Waals surface area contributed by atoms with Crippen LogP contribution in [0.4, 0.5) is 5.82 Å². The number of nitrogen functional groups attached to an aromatic ring is 1. The number of rotatable bonds is 9. The Labute approximate surface area is 189 Å². The van der Waals surface area contributed by atoms with Crippen molar-refractivity contribution < 1.29 is 47.7 Å². The summed E-state index contributed by atoms with van der Waals surface area (Å²) < 4.78 is 30.4. The number of phosphoric acid groups is 2. The lowest BCUT2D eigenvalue weighted by atomic mass is 10.1. The summed E-state index contributed by atoms with van der Waals surface area (Å²) in [4.78, 5) is 46.3. The van der Waals surface area contributed by atoms with Crippen LogP contribution in [0.25, 0.3) is 0 Å². The SMILES string of the molecule is C[C@H](O)C(=O)O.Cc1ncc(CN2CS[C@@H](CCOP(=O)(O)OP(=O)(O)O)C2C)c(N)n1. The molecule has 184 valence electrons. The number of carboxylic acid groups (broad SMARTS) is 1. The van der Waals surface area contributed by atoms with E-state index >= 15 is 0 Å². The Morgan fingerprint density at radius 3 is 2.50 bits per heavy atom. The van der Waals surface area contributed by atoms with Crippen LogP contribution in [-0.2, 0) is 29.3 Å². The largest absolute Gasteiger partial charge is 0.481 e.